The van der Waals surface area contributed by atoms with E-state index in [1.807, 2.05) is 39.0 Å². The number of carbonyl (C=O) groups excluding carboxylic acids is 1. The second-order valence-electron chi connectivity index (χ2n) is 9.75. The van der Waals surface area contributed by atoms with Crippen LogP contribution in [0.25, 0.3) is 10.2 Å². The normalized spacial score (nSPS) is 18.0. The lowest BCUT2D eigenvalue weighted by molar-refractivity contribution is -0.389. The zero-order valence-electron chi connectivity index (χ0n) is 20.4. The van der Waals surface area contributed by atoms with Crippen molar-refractivity contribution in [3.63, 3.8) is 0 Å². The molecule has 0 radical (unpaired) electrons. The van der Waals surface area contributed by atoms with Gasteiger partial charge in [-0.25, -0.2) is 9.78 Å². The Morgan fingerprint density at radius 1 is 1.22 bits per heavy atom. The van der Waals surface area contributed by atoms with E-state index in [1.54, 1.807) is 20.8 Å². The third kappa shape index (κ3) is 5.30. The molecule has 0 saturated carbocycles. The summed E-state index contributed by atoms with van der Waals surface area (Å²) < 4.78 is 19.9. The molecule has 0 N–H and O–H groups in total. The molecule has 3 aromatic rings. The fraction of sp³-hybridized carbons (Fsp3) is 0.522. The highest BCUT2D eigenvalue weighted by Gasteiger charge is 2.29. The maximum Gasteiger partial charge on any atom is 0.414 e. The predicted octanol–water partition coefficient (Wildman–Crippen LogP) is 3.69. The average molecular weight is 517 g/mol. The highest BCUT2D eigenvalue weighted by Crippen LogP contribution is 2.32. The summed E-state index contributed by atoms with van der Waals surface area (Å²) in [6.07, 6.45) is 1.54. The third-order valence-corrected chi connectivity index (χ3v) is 6.94. The van der Waals surface area contributed by atoms with E-state index in [-0.39, 0.29) is 24.0 Å². The van der Waals surface area contributed by atoms with Gasteiger partial charge < -0.3 is 34.1 Å². The topological polar surface area (TPSA) is 125 Å². The number of rotatable bonds is 5. The summed E-state index contributed by atoms with van der Waals surface area (Å²) in [7, 11) is 0. The van der Waals surface area contributed by atoms with E-state index in [0.29, 0.717) is 51.5 Å². The number of imidazole rings is 1. The molecule has 4 heterocycles. The molecule has 0 spiro atoms. The second kappa shape index (κ2) is 9.45. The van der Waals surface area contributed by atoms with E-state index in [2.05, 4.69) is 9.88 Å². The monoisotopic (exact) mass is 516 g/mol. The molecular formula is C23H28N6O6S. The van der Waals surface area contributed by atoms with Crippen LogP contribution < -0.4 is 14.4 Å². The van der Waals surface area contributed by atoms with Gasteiger partial charge in [-0.3, -0.25) is 4.57 Å². The zero-order chi connectivity index (χ0) is 25.4. The largest absolute Gasteiger partial charge is 0.490 e. The lowest BCUT2D eigenvalue weighted by Crippen LogP contribution is -2.50. The predicted molar refractivity (Wildman–Crippen MR) is 133 cm³/mol. The van der Waals surface area contributed by atoms with E-state index in [4.69, 9.17) is 19.2 Å². The molecule has 2 aliphatic heterocycles. The van der Waals surface area contributed by atoms with Crippen LogP contribution in [0.15, 0.2) is 24.4 Å². The number of amides is 1. The van der Waals surface area contributed by atoms with Crippen LogP contribution in [-0.4, -0.2) is 74.9 Å². The molecular weight excluding hydrogens is 488 g/mol. The fourth-order valence-electron chi connectivity index (χ4n) is 4.05. The van der Waals surface area contributed by atoms with Crippen molar-refractivity contribution in [1.82, 2.24) is 19.4 Å². The van der Waals surface area contributed by atoms with Crippen molar-refractivity contribution in [2.45, 2.75) is 45.4 Å². The van der Waals surface area contributed by atoms with Crippen molar-refractivity contribution in [3.05, 3.63) is 34.5 Å². The van der Waals surface area contributed by atoms with Gasteiger partial charge in [0.05, 0.1) is 10.2 Å². The average Bonchev–Trinajstić information content (AvgIpc) is 3.45. The van der Waals surface area contributed by atoms with Gasteiger partial charge in [-0.2, -0.15) is 0 Å². The van der Waals surface area contributed by atoms with Gasteiger partial charge in [-0.15, -0.1) is 0 Å². The Kier molecular flexibility index (Phi) is 6.33. The van der Waals surface area contributed by atoms with E-state index >= 15 is 0 Å². The highest BCUT2D eigenvalue weighted by atomic mass is 32.1. The molecule has 1 atom stereocenters. The van der Waals surface area contributed by atoms with Gasteiger partial charge >= 0.3 is 17.9 Å². The van der Waals surface area contributed by atoms with Crippen molar-refractivity contribution in [2.75, 3.05) is 37.7 Å². The van der Waals surface area contributed by atoms with Crippen LogP contribution >= 0.6 is 11.3 Å². The summed E-state index contributed by atoms with van der Waals surface area (Å²) in [5, 5.41) is 11.8. The minimum Gasteiger partial charge on any atom is -0.490 e. The summed E-state index contributed by atoms with van der Waals surface area (Å²) in [5.41, 5.74) is 0.382. The van der Waals surface area contributed by atoms with Gasteiger partial charge in [0.25, 0.3) is 0 Å². The van der Waals surface area contributed by atoms with Crippen LogP contribution in [-0.2, 0) is 11.3 Å². The van der Waals surface area contributed by atoms with Gasteiger partial charge in [-0.1, -0.05) is 11.3 Å². The van der Waals surface area contributed by atoms with Gasteiger partial charge in [0.15, 0.2) is 5.13 Å². The van der Waals surface area contributed by atoms with E-state index in [9.17, 15) is 14.9 Å². The van der Waals surface area contributed by atoms with Gasteiger partial charge in [-0.05, 0) is 43.9 Å². The molecule has 0 aliphatic carbocycles. The number of nitrogens with zero attached hydrogens (tertiary/aromatic N) is 6. The number of nitro groups is 1. The standard InChI is InChI=1S/C23H28N6O6S/c1-23(2,3)35-22(30)27-10-8-26(9-11-27)21-24-17-5-4-15(12-18(17)36-21)33-14-16-6-7-28-13-19(29(31)32)25-20(28)34-16/h4-5,12-13,16H,6-11,14H2,1-3H3. The second-order valence-corrected chi connectivity index (χ2v) is 10.8. The molecule has 2 aromatic heterocycles. The molecule has 1 saturated heterocycles. The molecule has 13 heteroatoms. The number of anilines is 1. The van der Waals surface area contributed by atoms with Crippen LogP contribution in [0.2, 0.25) is 0 Å². The maximum atomic E-state index is 12.3. The number of hydrogen-bond acceptors (Lipinski definition) is 10. The van der Waals surface area contributed by atoms with E-state index in [0.717, 1.165) is 15.3 Å². The summed E-state index contributed by atoms with van der Waals surface area (Å²) >= 11 is 1.59. The minimum absolute atomic E-state index is 0.218. The molecule has 5 rings (SSSR count). The SMILES string of the molecule is CC(C)(C)OC(=O)N1CCN(c2nc3ccc(OCC4CCn5cc([N+](=O)[O-])nc5O4)cc3s2)CC1. The molecule has 0 bridgehead atoms. The Labute approximate surface area is 211 Å². The van der Waals surface area contributed by atoms with Gasteiger partial charge in [0.1, 0.15) is 30.3 Å². The summed E-state index contributed by atoms with van der Waals surface area (Å²) in [6, 6.07) is 6.01. The number of fused-ring (bicyclic) bond motifs is 2. The number of benzene rings is 1. The summed E-state index contributed by atoms with van der Waals surface area (Å²) in [4.78, 5) is 35.3. The Hall–Kier alpha value is -3.61. The third-order valence-electron chi connectivity index (χ3n) is 5.86. The lowest BCUT2D eigenvalue weighted by Gasteiger charge is -2.35. The molecule has 192 valence electrons. The Bertz CT molecular complexity index is 1280. The van der Waals surface area contributed by atoms with Crippen molar-refractivity contribution in [1.29, 1.82) is 0 Å². The number of aryl methyl sites for hydroxylation is 1. The Morgan fingerprint density at radius 2 is 2.00 bits per heavy atom. The van der Waals surface area contributed by atoms with Crippen LogP contribution in [0.5, 0.6) is 11.8 Å². The zero-order valence-corrected chi connectivity index (χ0v) is 21.2. The number of piperazine rings is 1. The minimum atomic E-state index is -0.528. The molecule has 1 amide bonds. The number of ether oxygens (including phenoxy) is 3. The molecule has 1 fully saturated rings. The molecule has 2 aliphatic rings. The van der Waals surface area contributed by atoms with Crippen LogP contribution in [0.1, 0.15) is 27.2 Å². The number of thiazole rings is 1. The van der Waals surface area contributed by atoms with Crippen LogP contribution in [0.4, 0.5) is 15.7 Å². The molecule has 36 heavy (non-hydrogen) atoms. The number of aromatic nitrogens is 3. The first-order valence-electron chi connectivity index (χ1n) is 11.8. The first-order valence-corrected chi connectivity index (χ1v) is 12.6. The van der Waals surface area contributed by atoms with Crippen LogP contribution in [0.3, 0.4) is 0 Å². The smallest absolute Gasteiger partial charge is 0.414 e. The first kappa shape index (κ1) is 24.1. The van der Waals surface area contributed by atoms with Gasteiger partial charge in [0.2, 0.25) is 0 Å². The van der Waals surface area contributed by atoms with Crippen LogP contribution in [0, 0.1) is 10.1 Å². The van der Waals surface area contributed by atoms with Crippen molar-refractivity contribution >= 4 is 38.6 Å². The molecule has 1 aromatic carbocycles. The summed E-state index contributed by atoms with van der Waals surface area (Å²) in [5.74, 6) is 0.486. The number of carbonyl (C=O) groups is 1. The van der Waals surface area contributed by atoms with E-state index in [1.165, 1.54) is 6.20 Å². The number of hydrogen-bond donors (Lipinski definition) is 0. The summed E-state index contributed by atoms with van der Waals surface area (Å²) in [6.45, 7) is 9.05. The lowest BCUT2D eigenvalue weighted by atomic mass is 10.2. The quantitative estimate of drug-likeness (QED) is 0.369. The van der Waals surface area contributed by atoms with E-state index < -0.39 is 10.5 Å². The molecule has 12 nitrogen and oxygen atoms in total. The Balaban J connectivity index is 1.17. The molecule has 1 unspecified atom stereocenters. The van der Waals surface area contributed by atoms with Crippen molar-refractivity contribution in [3.8, 4) is 11.8 Å². The van der Waals surface area contributed by atoms with Crippen molar-refractivity contribution in [2.24, 2.45) is 0 Å². The highest BCUT2D eigenvalue weighted by molar-refractivity contribution is 7.22. The first-order chi connectivity index (χ1) is 17.1. The fourth-order valence-corrected chi connectivity index (χ4v) is 5.10. The Morgan fingerprint density at radius 3 is 2.72 bits per heavy atom. The van der Waals surface area contributed by atoms with Gasteiger partial charge in [0, 0.05) is 44.1 Å². The van der Waals surface area contributed by atoms with Crippen molar-refractivity contribution < 1.29 is 23.9 Å². The maximum absolute atomic E-state index is 12.3.